The van der Waals surface area contributed by atoms with Crippen molar-refractivity contribution >= 4 is 29.1 Å². The van der Waals surface area contributed by atoms with Gasteiger partial charge in [0.05, 0.1) is 12.8 Å². The summed E-state index contributed by atoms with van der Waals surface area (Å²) in [4.78, 5) is 4.05. The van der Waals surface area contributed by atoms with E-state index in [1.165, 1.54) is 24.1 Å². The zero-order valence-corrected chi connectivity index (χ0v) is 11.4. The first-order chi connectivity index (χ1) is 9.52. The lowest BCUT2D eigenvalue weighted by molar-refractivity contribution is 0.417. The molecule has 0 saturated heterocycles. The monoisotopic (exact) mass is 292 g/mol. The molecule has 20 heavy (non-hydrogen) atoms. The molecule has 0 spiro atoms. The van der Waals surface area contributed by atoms with Gasteiger partial charge in [-0.3, -0.25) is 15.4 Å². The van der Waals surface area contributed by atoms with E-state index in [0.717, 1.165) is 0 Å². The van der Waals surface area contributed by atoms with E-state index in [2.05, 4.69) is 10.3 Å². The van der Waals surface area contributed by atoms with Gasteiger partial charge in [-0.2, -0.15) is 0 Å². The number of nitrogens with zero attached hydrogens (tertiary/aromatic N) is 2. The molecule has 0 saturated carbocycles. The molecular weight excluding hydrogens is 280 g/mol. The summed E-state index contributed by atoms with van der Waals surface area (Å²) in [5.41, 5.74) is 5.91. The number of nitrogens with one attached hydrogen (secondary N) is 3. The summed E-state index contributed by atoms with van der Waals surface area (Å²) in [5.74, 6) is 0.538. The fourth-order valence-electron chi connectivity index (χ4n) is 1.62. The van der Waals surface area contributed by atoms with Crippen molar-refractivity contribution in [1.29, 1.82) is 10.8 Å². The normalized spacial score (nSPS) is 10.1. The first-order valence-electron chi connectivity index (χ1n) is 5.60. The highest BCUT2D eigenvalue weighted by atomic mass is 35.5. The molecule has 0 unspecified atom stereocenters. The molecule has 7 nitrogen and oxygen atoms in total. The number of benzene rings is 1. The third-order valence-electron chi connectivity index (χ3n) is 2.56. The molecule has 0 atom stereocenters. The van der Waals surface area contributed by atoms with Crippen molar-refractivity contribution in [3.8, 4) is 5.75 Å². The Morgan fingerprint density at radius 3 is 2.90 bits per heavy atom. The van der Waals surface area contributed by atoms with Gasteiger partial charge in [0.1, 0.15) is 5.75 Å². The van der Waals surface area contributed by atoms with E-state index in [9.17, 15) is 0 Å². The molecule has 2 rings (SSSR count). The Labute approximate surface area is 120 Å². The van der Waals surface area contributed by atoms with E-state index >= 15 is 0 Å². The molecule has 0 amide bonds. The Morgan fingerprint density at radius 1 is 1.50 bits per heavy atom. The lowest BCUT2D eigenvalue weighted by Crippen LogP contribution is -2.33. The van der Waals surface area contributed by atoms with Crippen molar-refractivity contribution in [2.75, 3.05) is 12.4 Å². The fraction of sp³-hybridized carbons (Fsp3) is 0.0833. The van der Waals surface area contributed by atoms with E-state index in [-0.39, 0.29) is 17.3 Å². The van der Waals surface area contributed by atoms with Crippen LogP contribution in [-0.4, -0.2) is 22.6 Å². The van der Waals surface area contributed by atoms with Crippen molar-refractivity contribution in [1.82, 2.24) is 9.55 Å². The Bertz CT molecular complexity index is 711. The minimum atomic E-state index is -0.265. The van der Waals surface area contributed by atoms with E-state index in [1.807, 2.05) is 0 Å². The zero-order valence-electron chi connectivity index (χ0n) is 10.6. The molecule has 0 radical (unpaired) electrons. The zero-order chi connectivity index (χ0) is 14.7. The lowest BCUT2D eigenvalue weighted by atomic mass is 10.3. The predicted molar refractivity (Wildman–Crippen MR) is 76.7 cm³/mol. The third-order valence-corrected chi connectivity index (χ3v) is 2.79. The van der Waals surface area contributed by atoms with Crippen LogP contribution in [0.1, 0.15) is 0 Å². The quantitative estimate of drug-likeness (QED) is 0.507. The van der Waals surface area contributed by atoms with Crippen LogP contribution in [0.2, 0.25) is 5.02 Å². The standard InChI is InChI=1S/C12H13ClN6O/c1-20-9-3-2-7(13)6-8(9)18-11-10(14)19(12(15)16)5-4-17-11/h2-6,14H,1H3,(H3,15,16)(H,17,18). The van der Waals surface area contributed by atoms with Gasteiger partial charge in [-0.25, -0.2) is 4.98 Å². The molecule has 104 valence electrons. The molecule has 0 aliphatic rings. The molecule has 1 aromatic carbocycles. The molecule has 8 heteroatoms. The second kappa shape index (κ2) is 5.62. The number of halogens is 1. The highest BCUT2D eigenvalue weighted by Crippen LogP contribution is 2.29. The number of ether oxygens (including phenoxy) is 1. The summed E-state index contributed by atoms with van der Waals surface area (Å²) in [6.07, 6.45) is 2.88. The molecule has 0 aliphatic heterocycles. The number of methoxy groups -OCH3 is 1. The average Bonchev–Trinajstić information content (AvgIpc) is 2.41. The Hall–Kier alpha value is -2.54. The smallest absolute Gasteiger partial charge is 0.198 e. The number of hydrogen-bond donors (Lipinski definition) is 4. The fourth-order valence-corrected chi connectivity index (χ4v) is 1.79. The summed E-state index contributed by atoms with van der Waals surface area (Å²) >= 11 is 5.94. The highest BCUT2D eigenvalue weighted by Gasteiger charge is 2.08. The van der Waals surface area contributed by atoms with Gasteiger partial charge in [0.25, 0.3) is 0 Å². The van der Waals surface area contributed by atoms with Crippen LogP contribution < -0.4 is 21.3 Å². The van der Waals surface area contributed by atoms with Crippen LogP contribution >= 0.6 is 11.6 Å². The van der Waals surface area contributed by atoms with Gasteiger partial charge in [-0.1, -0.05) is 11.6 Å². The number of nitrogens with two attached hydrogens (primary N) is 1. The van der Waals surface area contributed by atoms with Crippen LogP contribution in [0.3, 0.4) is 0 Å². The summed E-state index contributed by atoms with van der Waals surface area (Å²) in [6.45, 7) is 0. The minimum absolute atomic E-state index is 0.0398. The Balaban J connectivity index is 2.45. The maximum Gasteiger partial charge on any atom is 0.198 e. The summed E-state index contributed by atoms with van der Waals surface area (Å²) in [7, 11) is 1.53. The number of rotatable bonds is 3. The first-order valence-corrected chi connectivity index (χ1v) is 5.98. The van der Waals surface area contributed by atoms with Gasteiger partial charge < -0.3 is 15.8 Å². The summed E-state index contributed by atoms with van der Waals surface area (Å²) in [6, 6.07) is 5.06. The van der Waals surface area contributed by atoms with Crippen LogP contribution in [-0.2, 0) is 0 Å². The second-order valence-electron chi connectivity index (χ2n) is 3.85. The lowest BCUT2D eigenvalue weighted by Gasteiger charge is -2.12. The van der Waals surface area contributed by atoms with Crippen molar-refractivity contribution in [2.45, 2.75) is 0 Å². The van der Waals surface area contributed by atoms with Crippen LogP contribution in [0.5, 0.6) is 5.75 Å². The first kappa shape index (κ1) is 13.9. The molecule has 0 aliphatic carbocycles. The number of aromatic nitrogens is 2. The topological polar surface area (TPSA) is 113 Å². The molecular formula is C12H13ClN6O. The van der Waals surface area contributed by atoms with E-state index in [1.54, 1.807) is 18.2 Å². The maximum atomic E-state index is 7.95. The molecule has 1 heterocycles. The van der Waals surface area contributed by atoms with Gasteiger partial charge >= 0.3 is 0 Å². The van der Waals surface area contributed by atoms with Gasteiger partial charge in [-0.15, -0.1) is 0 Å². The SMILES string of the molecule is COc1ccc(Cl)cc1Nc1nccn(C(=N)N)c1=N. The van der Waals surface area contributed by atoms with Crippen molar-refractivity contribution in [3.63, 3.8) is 0 Å². The van der Waals surface area contributed by atoms with Crippen LogP contribution in [0.15, 0.2) is 30.6 Å². The van der Waals surface area contributed by atoms with E-state index in [4.69, 9.17) is 32.9 Å². The van der Waals surface area contributed by atoms with Crippen LogP contribution in [0.4, 0.5) is 11.5 Å². The number of nitrogen functional groups attached to an aromatic ring is 1. The Morgan fingerprint density at radius 2 is 2.25 bits per heavy atom. The van der Waals surface area contributed by atoms with Crippen molar-refractivity contribution in [3.05, 3.63) is 41.1 Å². The molecule has 1 aromatic heterocycles. The Kier molecular flexibility index (Phi) is 3.90. The largest absolute Gasteiger partial charge is 0.495 e. The predicted octanol–water partition coefficient (Wildman–Crippen LogP) is 1.51. The summed E-state index contributed by atoms with van der Waals surface area (Å²) in [5, 5.41) is 18.8. The van der Waals surface area contributed by atoms with Crippen molar-refractivity contribution < 1.29 is 4.74 Å². The third kappa shape index (κ3) is 2.72. The van der Waals surface area contributed by atoms with Crippen LogP contribution in [0, 0.1) is 10.8 Å². The van der Waals surface area contributed by atoms with Gasteiger partial charge in [-0.05, 0) is 18.2 Å². The number of anilines is 2. The molecule has 2 aromatic rings. The van der Waals surface area contributed by atoms with E-state index in [0.29, 0.717) is 16.5 Å². The molecule has 0 bridgehead atoms. The van der Waals surface area contributed by atoms with Gasteiger partial charge in [0.15, 0.2) is 17.3 Å². The van der Waals surface area contributed by atoms with Gasteiger partial charge in [0.2, 0.25) is 0 Å². The molecule has 5 N–H and O–H groups in total. The molecule has 0 fully saturated rings. The van der Waals surface area contributed by atoms with Crippen LogP contribution in [0.25, 0.3) is 0 Å². The van der Waals surface area contributed by atoms with E-state index < -0.39 is 0 Å². The highest BCUT2D eigenvalue weighted by molar-refractivity contribution is 6.31. The summed E-state index contributed by atoms with van der Waals surface area (Å²) < 4.78 is 6.39. The number of hydrogen-bond acceptors (Lipinski definition) is 5. The maximum absolute atomic E-state index is 7.95. The minimum Gasteiger partial charge on any atom is -0.495 e. The average molecular weight is 293 g/mol. The van der Waals surface area contributed by atoms with Gasteiger partial charge in [0, 0.05) is 17.4 Å². The van der Waals surface area contributed by atoms with Crippen molar-refractivity contribution in [2.24, 2.45) is 5.73 Å². The second-order valence-corrected chi connectivity index (χ2v) is 4.29.